The predicted octanol–water partition coefficient (Wildman–Crippen LogP) is 4.02. The number of benzene rings is 2. The number of carbonyl (C=O) groups excluding carboxylic acids is 1. The minimum Gasteiger partial charge on any atom is -0.459 e. The van der Waals surface area contributed by atoms with Gasteiger partial charge in [-0.2, -0.15) is 10.2 Å². The highest BCUT2D eigenvalue weighted by Crippen LogP contribution is 2.26. The zero-order valence-electron chi connectivity index (χ0n) is 19.7. The second kappa shape index (κ2) is 10.0. The van der Waals surface area contributed by atoms with Crippen LogP contribution in [-0.2, 0) is 4.74 Å². The van der Waals surface area contributed by atoms with Gasteiger partial charge in [-0.3, -0.25) is 9.36 Å². The van der Waals surface area contributed by atoms with Crippen LogP contribution in [0.15, 0.2) is 53.5 Å². The first-order valence-corrected chi connectivity index (χ1v) is 11.4. The molecule has 1 atom stereocenters. The number of nitrogens with two attached hydrogens (primary N) is 1. The van der Waals surface area contributed by atoms with Crippen LogP contribution in [0.3, 0.4) is 0 Å². The van der Waals surface area contributed by atoms with Gasteiger partial charge in [-0.25, -0.2) is 14.8 Å². The number of halogens is 1. The van der Waals surface area contributed by atoms with E-state index in [4.69, 9.17) is 27.1 Å². The van der Waals surface area contributed by atoms with Crippen LogP contribution in [0.1, 0.15) is 48.6 Å². The quantitative estimate of drug-likeness (QED) is 0.372. The molecular formula is C25H22ClN7O3. The summed E-state index contributed by atoms with van der Waals surface area (Å²) in [4.78, 5) is 39.0. The van der Waals surface area contributed by atoms with Crippen molar-refractivity contribution in [2.75, 3.05) is 11.1 Å². The van der Waals surface area contributed by atoms with Crippen LogP contribution in [0.25, 0.3) is 16.6 Å². The normalized spacial score (nSPS) is 11.8. The SMILES string of the molecule is CC(C)OC(=O)c1cccc(-n2c(C(C)Nc3nc(N)ncc3C#N)nc3cccc(Cl)c3c2=O)c1. The highest BCUT2D eigenvalue weighted by molar-refractivity contribution is 6.35. The maximum Gasteiger partial charge on any atom is 0.338 e. The van der Waals surface area contributed by atoms with Crippen molar-refractivity contribution in [1.82, 2.24) is 19.5 Å². The van der Waals surface area contributed by atoms with Gasteiger partial charge in [-0.15, -0.1) is 0 Å². The Hall–Kier alpha value is -4.49. The molecule has 0 bridgehead atoms. The fourth-order valence-electron chi connectivity index (χ4n) is 3.66. The predicted molar refractivity (Wildman–Crippen MR) is 136 cm³/mol. The Bertz CT molecular complexity index is 1580. The summed E-state index contributed by atoms with van der Waals surface area (Å²) in [6.45, 7) is 5.26. The number of hydrogen-bond donors (Lipinski definition) is 2. The lowest BCUT2D eigenvalue weighted by Crippen LogP contribution is -2.28. The average Bonchev–Trinajstić information content (AvgIpc) is 2.83. The molecule has 0 aliphatic heterocycles. The van der Waals surface area contributed by atoms with Gasteiger partial charge in [-0.05, 0) is 51.1 Å². The number of fused-ring (bicyclic) bond motifs is 1. The maximum absolute atomic E-state index is 13.8. The highest BCUT2D eigenvalue weighted by atomic mass is 35.5. The van der Waals surface area contributed by atoms with Crippen molar-refractivity contribution in [3.8, 4) is 11.8 Å². The van der Waals surface area contributed by atoms with Crippen LogP contribution >= 0.6 is 11.6 Å². The minimum absolute atomic E-state index is 0.0179. The van der Waals surface area contributed by atoms with E-state index in [1.807, 2.05) is 6.07 Å². The third-order valence-electron chi connectivity index (χ3n) is 5.22. The number of esters is 1. The van der Waals surface area contributed by atoms with Crippen LogP contribution in [0.4, 0.5) is 11.8 Å². The molecule has 36 heavy (non-hydrogen) atoms. The van der Waals surface area contributed by atoms with Crippen molar-refractivity contribution in [2.24, 2.45) is 0 Å². The number of nitrogens with zero attached hydrogens (tertiary/aromatic N) is 5. The van der Waals surface area contributed by atoms with E-state index in [1.165, 1.54) is 10.8 Å². The van der Waals surface area contributed by atoms with Gasteiger partial charge in [0.2, 0.25) is 5.95 Å². The highest BCUT2D eigenvalue weighted by Gasteiger charge is 2.22. The monoisotopic (exact) mass is 503 g/mol. The third kappa shape index (κ3) is 4.82. The lowest BCUT2D eigenvalue weighted by atomic mass is 10.1. The summed E-state index contributed by atoms with van der Waals surface area (Å²) in [5, 5.41) is 13.0. The van der Waals surface area contributed by atoms with E-state index >= 15 is 0 Å². The van der Waals surface area contributed by atoms with E-state index in [2.05, 4.69) is 15.3 Å². The second-order valence-corrected chi connectivity index (χ2v) is 8.62. The van der Waals surface area contributed by atoms with Gasteiger partial charge in [0.05, 0.1) is 45.5 Å². The van der Waals surface area contributed by atoms with Crippen molar-refractivity contribution < 1.29 is 9.53 Å². The molecule has 2 aromatic heterocycles. The topological polar surface area (TPSA) is 149 Å². The summed E-state index contributed by atoms with van der Waals surface area (Å²) in [5.41, 5.74) is 6.51. The number of rotatable bonds is 6. The van der Waals surface area contributed by atoms with Crippen molar-refractivity contribution in [2.45, 2.75) is 32.9 Å². The Balaban J connectivity index is 1.91. The molecule has 1 unspecified atom stereocenters. The van der Waals surface area contributed by atoms with Gasteiger partial charge in [0.25, 0.3) is 5.56 Å². The smallest absolute Gasteiger partial charge is 0.338 e. The molecule has 11 heteroatoms. The van der Waals surface area contributed by atoms with E-state index in [-0.39, 0.29) is 39.4 Å². The fraction of sp³-hybridized carbons (Fsp3) is 0.200. The Kier molecular flexibility index (Phi) is 6.85. The van der Waals surface area contributed by atoms with Gasteiger partial charge >= 0.3 is 5.97 Å². The number of aromatic nitrogens is 4. The molecule has 0 aliphatic rings. The number of nitrogens with one attached hydrogen (secondary N) is 1. The number of hydrogen-bond acceptors (Lipinski definition) is 9. The number of nitrogen functional groups attached to an aromatic ring is 1. The first kappa shape index (κ1) is 24.6. The van der Waals surface area contributed by atoms with Crippen LogP contribution in [0.5, 0.6) is 0 Å². The molecule has 0 fully saturated rings. The zero-order chi connectivity index (χ0) is 26.0. The first-order valence-electron chi connectivity index (χ1n) is 11.0. The molecular weight excluding hydrogens is 482 g/mol. The number of carbonyl (C=O) groups is 1. The zero-order valence-corrected chi connectivity index (χ0v) is 20.4. The summed E-state index contributed by atoms with van der Waals surface area (Å²) in [6.07, 6.45) is 1.00. The van der Waals surface area contributed by atoms with E-state index in [0.29, 0.717) is 17.0 Å². The standard InChI is InChI=1S/C25H22ClN7O3/c1-13(2)36-24(35)15-6-4-7-17(10-15)33-22(31-19-9-5-8-18(26)20(19)23(33)34)14(3)30-21-16(11-27)12-29-25(28)32-21/h4-10,12-14H,1-3H3,(H3,28,29,30,32). The molecule has 0 aliphatic carbocycles. The molecule has 0 saturated heterocycles. The van der Waals surface area contributed by atoms with Gasteiger partial charge in [0, 0.05) is 0 Å². The van der Waals surface area contributed by atoms with E-state index < -0.39 is 17.6 Å². The summed E-state index contributed by atoms with van der Waals surface area (Å²) in [6, 6.07) is 12.9. The molecule has 0 spiro atoms. The van der Waals surface area contributed by atoms with E-state index in [9.17, 15) is 14.9 Å². The Morgan fingerprint density at radius 3 is 2.67 bits per heavy atom. The van der Waals surface area contributed by atoms with Gasteiger partial charge in [0.1, 0.15) is 23.3 Å². The summed E-state index contributed by atoms with van der Waals surface area (Å²) < 4.78 is 6.68. The van der Waals surface area contributed by atoms with E-state index in [1.54, 1.807) is 63.2 Å². The molecule has 0 saturated carbocycles. The Labute approximate surface area is 211 Å². The summed E-state index contributed by atoms with van der Waals surface area (Å²) >= 11 is 6.37. The molecule has 2 aromatic carbocycles. The molecule has 4 rings (SSSR count). The molecule has 0 amide bonds. The van der Waals surface area contributed by atoms with Crippen molar-refractivity contribution >= 4 is 40.2 Å². The largest absolute Gasteiger partial charge is 0.459 e. The third-order valence-corrected chi connectivity index (χ3v) is 5.54. The molecule has 182 valence electrons. The molecule has 2 heterocycles. The molecule has 3 N–H and O–H groups in total. The van der Waals surface area contributed by atoms with Crippen LogP contribution in [0, 0.1) is 11.3 Å². The van der Waals surface area contributed by atoms with Gasteiger partial charge in [-0.1, -0.05) is 23.7 Å². The number of ether oxygens (including phenoxy) is 1. The minimum atomic E-state index is -0.631. The van der Waals surface area contributed by atoms with E-state index in [0.717, 1.165) is 0 Å². The summed E-state index contributed by atoms with van der Waals surface area (Å²) in [5.74, 6) is -0.0470. The maximum atomic E-state index is 13.8. The molecule has 0 radical (unpaired) electrons. The average molecular weight is 504 g/mol. The van der Waals surface area contributed by atoms with Gasteiger partial charge < -0.3 is 15.8 Å². The van der Waals surface area contributed by atoms with Crippen molar-refractivity contribution in [3.63, 3.8) is 0 Å². The lowest BCUT2D eigenvalue weighted by Gasteiger charge is -2.21. The van der Waals surface area contributed by atoms with Crippen molar-refractivity contribution in [1.29, 1.82) is 5.26 Å². The lowest BCUT2D eigenvalue weighted by molar-refractivity contribution is 0.0378. The fourth-order valence-corrected chi connectivity index (χ4v) is 3.91. The number of nitriles is 1. The van der Waals surface area contributed by atoms with Crippen LogP contribution < -0.4 is 16.6 Å². The molecule has 4 aromatic rings. The second-order valence-electron chi connectivity index (χ2n) is 8.22. The van der Waals surface area contributed by atoms with Crippen LogP contribution in [0.2, 0.25) is 5.02 Å². The van der Waals surface area contributed by atoms with Gasteiger partial charge in [0.15, 0.2) is 0 Å². The van der Waals surface area contributed by atoms with Crippen LogP contribution in [-0.4, -0.2) is 31.6 Å². The molecule has 10 nitrogen and oxygen atoms in total. The summed E-state index contributed by atoms with van der Waals surface area (Å²) in [7, 11) is 0. The number of anilines is 2. The Morgan fingerprint density at radius 2 is 1.94 bits per heavy atom. The first-order chi connectivity index (χ1) is 17.2. The van der Waals surface area contributed by atoms with Crippen molar-refractivity contribution in [3.05, 3.63) is 81.0 Å². The Morgan fingerprint density at radius 1 is 1.19 bits per heavy atom.